The van der Waals surface area contributed by atoms with Crippen LogP contribution in [0.15, 0.2) is 36.7 Å². The number of halogens is 1. The van der Waals surface area contributed by atoms with Crippen molar-refractivity contribution in [3.63, 3.8) is 0 Å². The van der Waals surface area contributed by atoms with Gasteiger partial charge in [0.1, 0.15) is 5.82 Å². The molecule has 2 nitrogen and oxygen atoms in total. The Bertz CT molecular complexity index is 460. The van der Waals surface area contributed by atoms with Crippen LogP contribution in [-0.2, 0) is 0 Å². The molecule has 0 aliphatic carbocycles. The molecule has 0 atom stereocenters. The minimum absolute atomic E-state index is 0.404. The van der Waals surface area contributed by atoms with Gasteiger partial charge in [-0.05, 0) is 26.0 Å². The Kier molecular flexibility index (Phi) is 2.78. The topological polar surface area (TPSA) is 17.8 Å². The second-order valence-corrected chi connectivity index (χ2v) is 4.20. The summed E-state index contributed by atoms with van der Waals surface area (Å²) in [6, 6.07) is 8.17. The van der Waals surface area contributed by atoms with Crippen molar-refractivity contribution in [1.82, 2.24) is 9.55 Å². The predicted octanol–water partition coefficient (Wildman–Crippen LogP) is 3.78. The van der Waals surface area contributed by atoms with Crippen molar-refractivity contribution in [3.05, 3.63) is 41.7 Å². The summed E-state index contributed by atoms with van der Waals surface area (Å²) >= 11 is 5.96. The molecule has 2 aromatic rings. The van der Waals surface area contributed by atoms with E-state index in [9.17, 15) is 0 Å². The van der Waals surface area contributed by atoms with Crippen LogP contribution in [0.1, 0.15) is 19.9 Å². The molecule has 0 amide bonds. The molecule has 0 aliphatic rings. The van der Waals surface area contributed by atoms with E-state index in [1.807, 2.05) is 36.7 Å². The molecule has 1 aromatic carbocycles. The summed E-state index contributed by atoms with van der Waals surface area (Å²) < 4.78 is 2.13. The van der Waals surface area contributed by atoms with E-state index in [-0.39, 0.29) is 0 Å². The zero-order chi connectivity index (χ0) is 10.8. The lowest BCUT2D eigenvalue weighted by Gasteiger charge is -2.11. The monoisotopic (exact) mass is 220 g/mol. The zero-order valence-electron chi connectivity index (χ0n) is 8.81. The molecule has 0 unspecified atom stereocenters. The summed E-state index contributed by atoms with van der Waals surface area (Å²) in [6.07, 6.45) is 3.80. The zero-order valence-corrected chi connectivity index (χ0v) is 9.57. The van der Waals surface area contributed by atoms with E-state index in [4.69, 9.17) is 11.6 Å². The Morgan fingerprint density at radius 3 is 2.80 bits per heavy atom. The molecular formula is C12H13ClN2. The average molecular weight is 221 g/mol. The van der Waals surface area contributed by atoms with E-state index in [0.717, 1.165) is 16.4 Å². The summed E-state index contributed by atoms with van der Waals surface area (Å²) in [7, 11) is 0. The van der Waals surface area contributed by atoms with Crippen molar-refractivity contribution in [3.8, 4) is 11.4 Å². The molecular weight excluding hydrogens is 208 g/mol. The maximum atomic E-state index is 5.96. The van der Waals surface area contributed by atoms with Gasteiger partial charge in [0.25, 0.3) is 0 Å². The van der Waals surface area contributed by atoms with Gasteiger partial charge in [-0.2, -0.15) is 0 Å². The van der Waals surface area contributed by atoms with Crippen molar-refractivity contribution >= 4 is 11.6 Å². The number of rotatable bonds is 2. The molecule has 0 N–H and O–H groups in total. The summed E-state index contributed by atoms with van der Waals surface area (Å²) in [6.45, 7) is 4.27. The van der Waals surface area contributed by atoms with Gasteiger partial charge < -0.3 is 4.57 Å². The summed E-state index contributed by atoms with van der Waals surface area (Å²) in [5, 5.41) is 0.741. The van der Waals surface area contributed by atoms with E-state index >= 15 is 0 Å². The fraction of sp³-hybridized carbons (Fsp3) is 0.250. The summed E-state index contributed by atoms with van der Waals surface area (Å²) in [4.78, 5) is 4.35. The number of benzene rings is 1. The lowest BCUT2D eigenvalue weighted by Crippen LogP contribution is -2.01. The molecule has 1 aromatic heterocycles. The van der Waals surface area contributed by atoms with E-state index in [0.29, 0.717) is 6.04 Å². The van der Waals surface area contributed by atoms with Crippen molar-refractivity contribution in [2.45, 2.75) is 19.9 Å². The Morgan fingerprint density at radius 2 is 2.13 bits per heavy atom. The summed E-state index contributed by atoms with van der Waals surface area (Å²) in [5.74, 6) is 0.965. The molecule has 0 saturated heterocycles. The lowest BCUT2D eigenvalue weighted by molar-refractivity contribution is 0.606. The van der Waals surface area contributed by atoms with Crippen molar-refractivity contribution in [2.24, 2.45) is 0 Å². The van der Waals surface area contributed by atoms with Crippen molar-refractivity contribution in [1.29, 1.82) is 0 Å². The fourth-order valence-corrected chi connectivity index (χ4v) is 1.77. The molecule has 0 spiro atoms. The molecule has 0 radical (unpaired) electrons. The first-order valence-corrected chi connectivity index (χ1v) is 5.35. The third-order valence-electron chi connectivity index (χ3n) is 2.31. The number of nitrogens with zero attached hydrogens (tertiary/aromatic N) is 2. The smallest absolute Gasteiger partial charge is 0.140 e. The van der Waals surface area contributed by atoms with Gasteiger partial charge >= 0.3 is 0 Å². The largest absolute Gasteiger partial charge is 0.328 e. The van der Waals surface area contributed by atoms with Crippen LogP contribution >= 0.6 is 11.6 Å². The van der Waals surface area contributed by atoms with Crippen LogP contribution in [0.2, 0.25) is 5.02 Å². The minimum atomic E-state index is 0.404. The van der Waals surface area contributed by atoms with Crippen LogP contribution < -0.4 is 0 Å². The number of aromatic nitrogens is 2. The van der Waals surface area contributed by atoms with Gasteiger partial charge in [-0.15, -0.1) is 0 Å². The highest BCUT2D eigenvalue weighted by Crippen LogP contribution is 2.23. The van der Waals surface area contributed by atoms with Gasteiger partial charge in [0, 0.05) is 29.0 Å². The molecule has 2 rings (SSSR count). The minimum Gasteiger partial charge on any atom is -0.328 e. The van der Waals surface area contributed by atoms with Gasteiger partial charge in [0.2, 0.25) is 0 Å². The van der Waals surface area contributed by atoms with Gasteiger partial charge in [-0.1, -0.05) is 23.7 Å². The first-order valence-electron chi connectivity index (χ1n) is 4.97. The van der Waals surface area contributed by atoms with Crippen LogP contribution in [0.5, 0.6) is 0 Å². The maximum absolute atomic E-state index is 5.96. The SMILES string of the molecule is CC(C)n1ccnc1-c1cccc(Cl)c1. The summed E-state index contributed by atoms with van der Waals surface area (Å²) in [5.41, 5.74) is 1.06. The molecule has 0 saturated carbocycles. The van der Waals surface area contributed by atoms with Gasteiger partial charge in [-0.25, -0.2) is 4.98 Å². The molecule has 0 bridgehead atoms. The molecule has 0 aliphatic heterocycles. The highest BCUT2D eigenvalue weighted by molar-refractivity contribution is 6.30. The second-order valence-electron chi connectivity index (χ2n) is 3.76. The number of hydrogen-bond donors (Lipinski definition) is 0. The lowest BCUT2D eigenvalue weighted by atomic mass is 10.2. The van der Waals surface area contributed by atoms with Crippen LogP contribution in [0, 0.1) is 0 Å². The average Bonchev–Trinajstić information content (AvgIpc) is 2.65. The van der Waals surface area contributed by atoms with Crippen LogP contribution in [0.25, 0.3) is 11.4 Å². The van der Waals surface area contributed by atoms with Gasteiger partial charge in [0.15, 0.2) is 0 Å². The number of imidazole rings is 1. The maximum Gasteiger partial charge on any atom is 0.140 e. The third-order valence-corrected chi connectivity index (χ3v) is 2.54. The molecule has 15 heavy (non-hydrogen) atoms. The quantitative estimate of drug-likeness (QED) is 0.753. The van der Waals surface area contributed by atoms with E-state index in [2.05, 4.69) is 23.4 Å². The van der Waals surface area contributed by atoms with Gasteiger partial charge in [0.05, 0.1) is 0 Å². The normalized spacial score (nSPS) is 10.9. The Morgan fingerprint density at radius 1 is 1.33 bits per heavy atom. The standard InChI is InChI=1S/C12H13ClN2/c1-9(2)15-7-6-14-12(15)10-4-3-5-11(13)8-10/h3-9H,1-2H3. The van der Waals surface area contributed by atoms with E-state index < -0.39 is 0 Å². The van der Waals surface area contributed by atoms with Crippen LogP contribution in [0.4, 0.5) is 0 Å². The Hall–Kier alpha value is -1.28. The molecule has 78 valence electrons. The molecule has 1 heterocycles. The number of hydrogen-bond acceptors (Lipinski definition) is 1. The molecule has 0 fully saturated rings. The molecule has 3 heteroatoms. The second kappa shape index (κ2) is 4.07. The fourth-order valence-electron chi connectivity index (χ4n) is 1.58. The first-order chi connectivity index (χ1) is 7.18. The van der Waals surface area contributed by atoms with Gasteiger partial charge in [-0.3, -0.25) is 0 Å². The predicted molar refractivity (Wildman–Crippen MR) is 63.1 cm³/mol. The van der Waals surface area contributed by atoms with Crippen molar-refractivity contribution in [2.75, 3.05) is 0 Å². The third kappa shape index (κ3) is 2.05. The first kappa shape index (κ1) is 10.2. The Labute approximate surface area is 94.5 Å². The van der Waals surface area contributed by atoms with Crippen molar-refractivity contribution < 1.29 is 0 Å². The highest BCUT2D eigenvalue weighted by atomic mass is 35.5. The highest BCUT2D eigenvalue weighted by Gasteiger charge is 2.08. The van der Waals surface area contributed by atoms with Crippen LogP contribution in [-0.4, -0.2) is 9.55 Å². The van der Waals surface area contributed by atoms with Crippen LogP contribution in [0.3, 0.4) is 0 Å². The Balaban J connectivity index is 2.49. The van der Waals surface area contributed by atoms with E-state index in [1.54, 1.807) is 0 Å². The van der Waals surface area contributed by atoms with E-state index in [1.165, 1.54) is 0 Å².